The molecule has 0 fully saturated rings. The zero-order valence-corrected chi connectivity index (χ0v) is 10.4. The number of nitrogens with one attached hydrogen (secondary N) is 2. The van der Waals surface area contributed by atoms with Crippen LogP contribution in [-0.2, 0) is 6.54 Å². The number of rotatable bonds is 4. The van der Waals surface area contributed by atoms with Crippen LogP contribution in [0, 0.1) is 11.6 Å². The first-order valence-corrected chi connectivity index (χ1v) is 5.75. The maximum Gasteiger partial charge on any atom is 0.255 e. The number of aromatic nitrogens is 1. The van der Waals surface area contributed by atoms with Gasteiger partial charge in [0.05, 0.1) is 5.56 Å². The number of carbonyl (C=O) groups excluding carboxylic acids is 1. The molecule has 1 amide bonds. The predicted octanol–water partition coefficient (Wildman–Crippen LogP) is 1.58. The van der Waals surface area contributed by atoms with E-state index in [1.807, 2.05) is 0 Å². The van der Waals surface area contributed by atoms with Crippen LogP contribution < -0.4 is 16.6 Å². The maximum absolute atomic E-state index is 13.4. The van der Waals surface area contributed by atoms with Crippen molar-refractivity contribution >= 4 is 11.7 Å². The smallest absolute Gasteiger partial charge is 0.255 e. The molecular formula is C13H12F2N4O. The van der Waals surface area contributed by atoms with Gasteiger partial charge in [0.25, 0.3) is 5.91 Å². The van der Waals surface area contributed by atoms with Crippen molar-refractivity contribution in [2.24, 2.45) is 5.84 Å². The van der Waals surface area contributed by atoms with Crippen molar-refractivity contribution in [2.45, 2.75) is 6.54 Å². The largest absolute Gasteiger partial charge is 0.348 e. The van der Waals surface area contributed by atoms with E-state index in [0.29, 0.717) is 0 Å². The van der Waals surface area contributed by atoms with Crippen molar-refractivity contribution in [3.8, 4) is 0 Å². The van der Waals surface area contributed by atoms with Crippen LogP contribution in [0.4, 0.5) is 14.6 Å². The first kappa shape index (κ1) is 13.9. The second-order valence-corrected chi connectivity index (χ2v) is 3.96. The summed E-state index contributed by atoms with van der Waals surface area (Å²) in [4.78, 5) is 15.8. The molecule has 1 aromatic carbocycles. The van der Waals surface area contributed by atoms with E-state index in [1.54, 1.807) is 6.07 Å². The molecule has 1 aromatic heterocycles. The highest BCUT2D eigenvalue weighted by Gasteiger charge is 2.12. The molecule has 5 nitrogen and oxygen atoms in total. The minimum atomic E-state index is -0.714. The molecule has 104 valence electrons. The molecule has 7 heteroatoms. The van der Waals surface area contributed by atoms with E-state index in [4.69, 9.17) is 5.84 Å². The van der Waals surface area contributed by atoms with Crippen LogP contribution in [0.2, 0.25) is 0 Å². The zero-order chi connectivity index (χ0) is 14.5. The summed E-state index contributed by atoms with van der Waals surface area (Å²) in [6.07, 6.45) is 1.48. The Kier molecular flexibility index (Phi) is 4.21. The number of halogens is 2. The van der Waals surface area contributed by atoms with Crippen LogP contribution in [-0.4, -0.2) is 10.9 Å². The summed E-state index contributed by atoms with van der Waals surface area (Å²) in [7, 11) is 0. The minimum absolute atomic E-state index is 0.0656. The molecule has 0 bridgehead atoms. The first-order chi connectivity index (χ1) is 9.61. The summed E-state index contributed by atoms with van der Waals surface area (Å²) in [6, 6.07) is 6.27. The van der Waals surface area contributed by atoms with Crippen LogP contribution in [0.1, 0.15) is 15.9 Å². The number of benzene rings is 1. The van der Waals surface area contributed by atoms with Gasteiger partial charge in [0.2, 0.25) is 0 Å². The third-order valence-electron chi connectivity index (χ3n) is 2.64. The molecule has 2 rings (SSSR count). The Hall–Kier alpha value is -2.54. The van der Waals surface area contributed by atoms with Gasteiger partial charge in [0.15, 0.2) is 5.82 Å². The third kappa shape index (κ3) is 3.07. The van der Waals surface area contributed by atoms with E-state index in [2.05, 4.69) is 15.7 Å². The van der Waals surface area contributed by atoms with Gasteiger partial charge >= 0.3 is 0 Å². The normalized spacial score (nSPS) is 10.2. The molecule has 0 radical (unpaired) electrons. The average Bonchev–Trinajstić information content (AvgIpc) is 2.46. The Bertz CT molecular complexity index is 634. The van der Waals surface area contributed by atoms with Crippen molar-refractivity contribution in [3.05, 3.63) is 59.3 Å². The monoisotopic (exact) mass is 278 g/mol. The molecule has 1 heterocycles. The summed E-state index contributed by atoms with van der Waals surface area (Å²) in [5.41, 5.74) is 2.72. The van der Waals surface area contributed by atoms with Crippen molar-refractivity contribution in [1.29, 1.82) is 0 Å². The lowest BCUT2D eigenvalue weighted by molar-refractivity contribution is 0.0951. The molecular weight excluding hydrogens is 266 g/mol. The van der Waals surface area contributed by atoms with E-state index in [-0.39, 0.29) is 23.5 Å². The summed E-state index contributed by atoms with van der Waals surface area (Å²) < 4.78 is 26.2. The van der Waals surface area contributed by atoms with E-state index in [0.717, 1.165) is 12.1 Å². The van der Waals surface area contributed by atoms with Gasteiger partial charge in [-0.2, -0.15) is 0 Å². The average molecular weight is 278 g/mol. The fourth-order valence-electron chi connectivity index (χ4n) is 1.64. The van der Waals surface area contributed by atoms with Gasteiger partial charge in [-0.15, -0.1) is 0 Å². The lowest BCUT2D eigenvalue weighted by Gasteiger charge is -2.09. The Labute approximate surface area is 113 Å². The van der Waals surface area contributed by atoms with Crippen LogP contribution >= 0.6 is 0 Å². The molecule has 0 aliphatic rings. The Morgan fingerprint density at radius 3 is 2.80 bits per heavy atom. The van der Waals surface area contributed by atoms with Crippen molar-refractivity contribution in [2.75, 3.05) is 5.43 Å². The summed E-state index contributed by atoms with van der Waals surface area (Å²) in [5, 5.41) is 2.51. The lowest BCUT2D eigenvalue weighted by atomic mass is 10.2. The number of nitrogens with two attached hydrogens (primary N) is 1. The van der Waals surface area contributed by atoms with Crippen molar-refractivity contribution in [3.63, 3.8) is 0 Å². The van der Waals surface area contributed by atoms with E-state index in [1.165, 1.54) is 18.3 Å². The Morgan fingerprint density at radius 2 is 2.10 bits per heavy atom. The zero-order valence-electron chi connectivity index (χ0n) is 10.4. The highest BCUT2D eigenvalue weighted by Crippen LogP contribution is 2.12. The number of hydrogen-bond donors (Lipinski definition) is 3. The molecule has 0 saturated carbocycles. The fourth-order valence-corrected chi connectivity index (χ4v) is 1.64. The second kappa shape index (κ2) is 6.07. The molecule has 2 aromatic rings. The van der Waals surface area contributed by atoms with Gasteiger partial charge in [0, 0.05) is 24.4 Å². The molecule has 0 aliphatic carbocycles. The molecule has 0 aliphatic heterocycles. The fraction of sp³-hybridized carbons (Fsp3) is 0.0769. The summed E-state index contributed by atoms with van der Waals surface area (Å²) >= 11 is 0. The Morgan fingerprint density at radius 1 is 1.30 bits per heavy atom. The number of nitrogens with zero attached hydrogens (tertiary/aromatic N) is 1. The molecule has 0 saturated heterocycles. The number of hydrogen-bond acceptors (Lipinski definition) is 4. The molecule has 0 unspecified atom stereocenters. The number of amides is 1. The lowest BCUT2D eigenvalue weighted by Crippen LogP contribution is -2.25. The quantitative estimate of drug-likeness (QED) is 0.586. The SMILES string of the molecule is NNc1ncccc1C(=O)NCc1ccc(F)cc1F. The molecule has 20 heavy (non-hydrogen) atoms. The number of pyridine rings is 1. The van der Waals surface area contributed by atoms with E-state index in [9.17, 15) is 13.6 Å². The standard InChI is InChI=1S/C13H12F2N4O/c14-9-4-3-8(11(15)6-9)7-18-13(20)10-2-1-5-17-12(10)19-16/h1-6H,7,16H2,(H,17,19)(H,18,20). The highest BCUT2D eigenvalue weighted by molar-refractivity contribution is 5.98. The highest BCUT2D eigenvalue weighted by atomic mass is 19.1. The molecule has 0 atom stereocenters. The Balaban J connectivity index is 2.09. The van der Waals surface area contributed by atoms with E-state index >= 15 is 0 Å². The summed E-state index contributed by atoms with van der Waals surface area (Å²) in [6.45, 7) is -0.0656. The second-order valence-electron chi connectivity index (χ2n) is 3.96. The van der Waals surface area contributed by atoms with Crippen LogP contribution in [0.3, 0.4) is 0 Å². The minimum Gasteiger partial charge on any atom is -0.348 e. The third-order valence-corrected chi connectivity index (χ3v) is 2.64. The van der Waals surface area contributed by atoms with Gasteiger partial charge in [-0.1, -0.05) is 6.07 Å². The van der Waals surface area contributed by atoms with Crippen LogP contribution in [0.15, 0.2) is 36.5 Å². The van der Waals surface area contributed by atoms with Gasteiger partial charge in [0.1, 0.15) is 11.6 Å². The maximum atomic E-state index is 13.4. The topological polar surface area (TPSA) is 80.0 Å². The summed E-state index contributed by atoms with van der Waals surface area (Å²) in [5.74, 6) is 3.61. The first-order valence-electron chi connectivity index (χ1n) is 5.75. The van der Waals surface area contributed by atoms with Crippen LogP contribution in [0.5, 0.6) is 0 Å². The van der Waals surface area contributed by atoms with E-state index < -0.39 is 17.5 Å². The van der Waals surface area contributed by atoms with Gasteiger partial charge in [-0.3, -0.25) is 4.79 Å². The number of hydrazine groups is 1. The van der Waals surface area contributed by atoms with Crippen LogP contribution in [0.25, 0.3) is 0 Å². The van der Waals surface area contributed by atoms with Gasteiger partial charge < -0.3 is 10.7 Å². The predicted molar refractivity (Wildman–Crippen MR) is 69.6 cm³/mol. The number of anilines is 1. The van der Waals surface area contributed by atoms with Crippen molar-refractivity contribution in [1.82, 2.24) is 10.3 Å². The van der Waals surface area contributed by atoms with Gasteiger partial charge in [-0.05, 0) is 18.2 Å². The number of nitrogen functional groups attached to an aromatic ring is 1. The van der Waals surface area contributed by atoms with Crippen molar-refractivity contribution < 1.29 is 13.6 Å². The molecule has 4 N–H and O–H groups in total. The van der Waals surface area contributed by atoms with Gasteiger partial charge in [-0.25, -0.2) is 19.6 Å². The number of carbonyl (C=O) groups is 1. The molecule has 0 spiro atoms.